The molecule has 0 saturated carbocycles. The number of sulfonamides is 1. The van der Waals surface area contributed by atoms with Gasteiger partial charge in [-0.2, -0.15) is 0 Å². The van der Waals surface area contributed by atoms with Crippen molar-refractivity contribution >= 4 is 32.5 Å². The molecular weight excluding hydrogens is 362 g/mol. The number of para-hydroxylation sites is 2. The van der Waals surface area contributed by atoms with Crippen LogP contribution in [-0.4, -0.2) is 34.5 Å². The van der Waals surface area contributed by atoms with E-state index in [1.807, 2.05) is 42.5 Å². The van der Waals surface area contributed by atoms with E-state index in [0.29, 0.717) is 17.0 Å². The second kappa shape index (κ2) is 6.31. The van der Waals surface area contributed by atoms with Crippen LogP contribution in [0.15, 0.2) is 53.4 Å². The molecule has 0 unspecified atom stereocenters. The molecule has 4 aromatic rings. The molecule has 2 aromatic heterocycles. The summed E-state index contributed by atoms with van der Waals surface area (Å²) in [6, 6.07) is 14.3. The Morgan fingerprint density at radius 2 is 1.70 bits per heavy atom. The van der Waals surface area contributed by atoms with Crippen LogP contribution < -0.4 is 4.31 Å². The van der Waals surface area contributed by atoms with Gasteiger partial charge >= 0.3 is 0 Å². The number of fused-ring (bicyclic) bond motifs is 3. The van der Waals surface area contributed by atoms with Crippen LogP contribution in [0.4, 0.5) is 5.82 Å². The molecule has 2 aromatic carbocycles. The second-order valence-electron chi connectivity index (χ2n) is 6.31. The molecule has 4 rings (SSSR count). The van der Waals surface area contributed by atoms with Crippen molar-refractivity contribution in [2.75, 3.05) is 10.8 Å². The predicted molar refractivity (Wildman–Crippen MR) is 104 cm³/mol. The van der Waals surface area contributed by atoms with Gasteiger partial charge in [0.15, 0.2) is 5.82 Å². The summed E-state index contributed by atoms with van der Waals surface area (Å²) in [5.74, 6) is 0.950. The largest absolute Gasteiger partial charge is 0.274 e. The third-order valence-electron chi connectivity index (χ3n) is 4.51. The highest BCUT2D eigenvalue weighted by molar-refractivity contribution is 7.92. The Morgan fingerprint density at radius 3 is 2.41 bits per heavy atom. The Balaban J connectivity index is 1.99. The Bertz CT molecular complexity index is 1250. The maximum Gasteiger partial charge on any atom is 0.265 e. The first kappa shape index (κ1) is 17.4. The zero-order chi connectivity index (χ0) is 19.2. The van der Waals surface area contributed by atoms with E-state index in [4.69, 9.17) is 0 Å². The average molecular weight is 381 g/mol. The topological polar surface area (TPSA) is 80.5 Å². The Kier molecular flexibility index (Phi) is 4.07. The zero-order valence-electron chi connectivity index (χ0n) is 15.3. The highest BCUT2D eigenvalue weighted by Gasteiger charge is 2.28. The predicted octanol–water partition coefficient (Wildman–Crippen LogP) is 3.11. The molecule has 2 heterocycles. The molecule has 0 bridgehead atoms. The Hall–Kier alpha value is -3.00. The van der Waals surface area contributed by atoms with Crippen LogP contribution in [0, 0.1) is 13.8 Å². The van der Waals surface area contributed by atoms with E-state index in [1.54, 1.807) is 31.2 Å². The van der Waals surface area contributed by atoms with Crippen molar-refractivity contribution < 1.29 is 8.42 Å². The van der Waals surface area contributed by atoms with Crippen LogP contribution in [0.2, 0.25) is 0 Å². The van der Waals surface area contributed by atoms with E-state index >= 15 is 0 Å². The SMILES string of the molecule is CCN(c1nc2ccccc2n2c(C)nnc12)S(=O)(=O)c1ccc(C)cc1. The zero-order valence-corrected chi connectivity index (χ0v) is 16.1. The molecule has 0 aliphatic rings. The molecule has 0 aliphatic heterocycles. The minimum absolute atomic E-state index is 0.222. The lowest BCUT2D eigenvalue weighted by Crippen LogP contribution is -2.32. The number of rotatable bonds is 4. The number of aryl methyl sites for hydroxylation is 2. The number of nitrogens with zero attached hydrogens (tertiary/aromatic N) is 5. The molecule has 138 valence electrons. The molecule has 7 nitrogen and oxygen atoms in total. The molecule has 0 aliphatic carbocycles. The van der Waals surface area contributed by atoms with Gasteiger partial charge in [-0.15, -0.1) is 10.2 Å². The van der Waals surface area contributed by atoms with Crippen LogP contribution in [0.3, 0.4) is 0 Å². The van der Waals surface area contributed by atoms with Gasteiger partial charge in [-0.25, -0.2) is 17.7 Å². The minimum atomic E-state index is -3.78. The van der Waals surface area contributed by atoms with Crippen molar-refractivity contribution in [3.63, 3.8) is 0 Å². The molecule has 8 heteroatoms. The Morgan fingerprint density at radius 1 is 1.00 bits per heavy atom. The van der Waals surface area contributed by atoms with Crippen molar-refractivity contribution in [1.82, 2.24) is 19.6 Å². The van der Waals surface area contributed by atoms with E-state index in [1.165, 1.54) is 4.31 Å². The fourth-order valence-electron chi connectivity index (χ4n) is 3.15. The molecule has 0 spiro atoms. The highest BCUT2D eigenvalue weighted by atomic mass is 32.2. The molecule has 0 N–H and O–H groups in total. The fourth-order valence-corrected chi connectivity index (χ4v) is 4.57. The molecule has 0 atom stereocenters. The van der Waals surface area contributed by atoms with Crippen LogP contribution in [0.25, 0.3) is 16.7 Å². The summed E-state index contributed by atoms with van der Waals surface area (Å²) in [6.07, 6.45) is 0. The van der Waals surface area contributed by atoms with Gasteiger partial charge < -0.3 is 0 Å². The smallest absolute Gasteiger partial charge is 0.265 e. The van der Waals surface area contributed by atoms with Gasteiger partial charge in [0.05, 0.1) is 15.9 Å². The summed E-state index contributed by atoms with van der Waals surface area (Å²) < 4.78 is 29.7. The van der Waals surface area contributed by atoms with Gasteiger partial charge in [-0.05, 0) is 45.0 Å². The lowest BCUT2D eigenvalue weighted by atomic mass is 10.2. The molecule has 0 radical (unpaired) electrons. The first-order valence-corrected chi connectivity index (χ1v) is 10.1. The number of aromatic nitrogens is 4. The average Bonchev–Trinajstić information content (AvgIpc) is 3.05. The maximum absolute atomic E-state index is 13.3. The van der Waals surface area contributed by atoms with E-state index < -0.39 is 10.0 Å². The summed E-state index contributed by atoms with van der Waals surface area (Å²) in [5.41, 5.74) is 2.93. The Labute approximate surface area is 157 Å². The minimum Gasteiger partial charge on any atom is -0.274 e. The molecule has 0 amide bonds. The summed E-state index contributed by atoms with van der Waals surface area (Å²) in [6.45, 7) is 5.76. The number of hydrogen-bond acceptors (Lipinski definition) is 5. The van der Waals surface area contributed by atoms with Crippen LogP contribution >= 0.6 is 0 Å². The van der Waals surface area contributed by atoms with Crippen LogP contribution in [0.1, 0.15) is 18.3 Å². The molecule has 0 fully saturated rings. The van der Waals surface area contributed by atoms with Crippen LogP contribution in [-0.2, 0) is 10.0 Å². The third kappa shape index (κ3) is 2.73. The first-order chi connectivity index (χ1) is 12.9. The quantitative estimate of drug-likeness (QED) is 0.543. The van der Waals surface area contributed by atoms with E-state index in [-0.39, 0.29) is 17.3 Å². The van der Waals surface area contributed by atoms with Crippen molar-refractivity contribution in [3.8, 4) is 0 Å². The van der Waals surface area contributed by atoms with Gasteiger partial charge in [0.2, 0.25) is 5.65 Å². The summed E-state index contributed by atoms with van der Waals surface area (Å²) >= 11 is 0. The molecular formula is C19H19N5O2S. The standard InChI is InChI=1S/C19H19N5O2S/c1-4-23(27(25,26)15-11-9-13(2)10-12-15)18-19-22-21-14(3)24(19)17-8-6-5-7-16(17)20-18/h5-12H,4H2,1-3H3. The summed E-state index contributed by atoms with van der Waals surface area (Å²) in [7, 11) is -3.78. The molecule has 0 saturated heterocycles. The number of benzene rings is 2. The van der Waals surface area contributed by atoms with Gasteiger partial charge in [0.25, 0.3) is 10.0 Å². The van der Waals surface area contributed by atoms with Gasteiger partial charge in [-0.1, -0.05) is 29.8 Å². The number of hydrogen-bond donors (Lipinski definition) is 0. The van der Waals surface area contributed by atoms with Crippen molar-refractivity contribution in [2.24, 2.45) is 0 Å². The van der Waals surface area contributed by atoms with E-state index in [9.17, 15) is 8.42 Å². The van der Waals surface area contributed by atoms with E-state index in [2.05, 4.69) is 15.2 Å². The maximum atomic E-state index is 13.3. The lowest BCUT2D eigenvalue weighted by molar-refractivity contribution is 0.591. The second-order valence-corrected chi connectivity index (χ2v) is 8.18. The third-order valence-corrected chi connectivity index (χ3v) is 6.39. The lowest BCUT2D eigenvalue weighted by Gasteiger charge is -2.22. The first-order valence-electron chi connectivity index (χ1n) is 8.63. The monoisotopic (exact) mass is 381 g/mol. The van der Waals surface area contributed by atoms with Gasteiger partial charge in [0.1, 0.15) is 5.82 Å². The fraction of sp³-hybridized carbons (Fsp3) is 0.211. The molecule has 27 heavy (non-hydrogen) atoms. The van der Waals surface area contributed by atoms with Crippen molar-refractivity contribution in [2.45, 2.75) is 25.7 Å². The van der Waals surface area contributed by atoms with Gasteiger partial charge in [-0.3, -0.25) is 4.40 Å². The summed E-state index contributed by atoms with van der Waals surface area (Å²) in [5, 5.41) is 8.34. The van der Waals surface area contributed by atoms with E-state index in [0.717, 1.165) is 11.1 Å². The van der Waals surface area contributed by atoms with Crippen molar-refractivity contribution in [3.05, 3.63) is 59.9 Å². The summed E-state index contributed by atoms with van der Waals surface area (Å²) in [4.78, 5) is 4.84. The highest BCUT2D eigenvalue weighted by Crippen LogP contribution is 2.28. The van der Waals surface area contributed by atoms with Gasteiger partial charge in [0, 0.05) is 6.54 Å². The van der Waals surface area contributed by atoms with Crippen molar-refractivity contribution in [1.29, 1.82) is 0 Å². The normalized spacial score (nSPS) is 12.0. The van der Waals surface area contributed by atoms with Crippen LogP contribution in [0.5, 0.6) is 0 Å². The number of anilines is 1.